The van der Waals surface area contributed by atoms with E-state index in [4.69, 9.17) is 4.42 Å². The molecule has 0 bridgehead atoms. The van der Waals surface area contributed by atoms with Crippen LogP contribution in [0.15, 0.2) is 41.1 Å². The topological polar surface area (TPSA) is 78.7 Å². The van der Waals surface area contributed by atoms with Crippen molar-refractivity contribution in [3.8, 4) is 0 Å². The highest BCUT2D eigenvalue weighted by Gasteiger charge is 2.49. The molecule has 7 heteroatoms. The smallest absolute Gasteiger partial charge is 0.273 e. The van der Waals surface area contributed by atoms with Gasteiger partial charge in [0.25, 0.3) is 5.91 Å². The molecule has 1 saturated carbocycles. The predicted molar refractivity (Wildman–Crippen MR) is 122 cm³/mol. The third-order valence-corrected chi connectivity index (χ3v) is 7.56. The molecular formula is C25H34N4O3. The van der Waals surface area contributed by atoms with Crippen LogP contribution in [0.5, 0.6) is 0 Å². The molecule has 0 unspecified atom stereocenters. The molecule has 2 fully saturated rings. The second-order valence-electron chi connectivity index (χ2n) is 9.65. The van der Waals surface area contributed by atoms with Crippen molar-refractivity contribution < 1.29 is 14.0 Å². The van der Waals surface area contributed by atoms with Crippen LogP contribution < -0.4 is 5.32 Å². The Kier molecular flexibility index (Phi) is 6.38. The zero-order valence-corrected chi connectivity index (χ0v) is 19.4. The molecule has 1 spiro atoms. The molecule has 1 aromatic heterocycles. The highest BCUT2D eigenvalue weighted by molar-refractivity contribution is 5.93. The van der Waals surface area contributed by atoms with Crippen LogP contribution in [0.4, 0.5) is 0 Å². The first kappa shape index (κ1) is 22.5. The summed E-state index contributed by atoms with van der Waals surface area (Å²) in [5, 5.41) is 2.87. The third-order valence-electron chi connectivity index (χ3n) is 7.56. The summed E-state index contributed by atoms with van der Waals surface area (Å²) < 4.78 is 5.08. The lowest BCUT2D eigenvalue weighted by atomic mass is 9.64. The van der Waals surface area contributed by atoms with Gasteiger partial charge in [0.15, 0.2) is 12.1 Å². The Balaban J connectivity index is 1.30. The number of nitrogens with one attached hydrogen (secondary N) is 1. The van der Waals surface area contributed by atoms with Crippen molar-refractivity contribution in [3.63, 3.8) is 0 Å². The standard InChI is InChI=1S/C25H34N4O3/c1-19-22(27-18-32-19)23(31)26-14-7-15-29-17-24(16-21(29)30)10-12-25(13-11-24,28(2)3)20-8-5-4-6-9-20/h4-6,8-9,18H,7,10-17H2,1-3H3,(H,26,31). The quantitative estimate of drug-likeness (QED) is 0.671. The number of hydrogen-bond donors (Lipinski definition) is 1. The molecular weight excluding hydrogens is 404 g/mol. The molecule has 2 heterocycles. The minimum absolute atomic E-state index is 0.0481. The van der Waals surface area contributed by atoms with Gasteiger partial charge in [0.2, 0.25) is 5.91 Å². The molecule has 2 aromatic rings. The molecule has 2 amide bonds. The number of benzene rings is 1. The lowest BCUT2D eigenvalue weighted by Gasteiger charge is -2.48. The van der Waals surface area contributed by atoms with E-state index in [2.05, 4.69) is 59.6 Å². The minimum atomic E-state index is -0.228. The number of likely N-dealkylation sites (tertiary alicyclic amines) is 1. The minimum Gasteiger partial charge on any atom is -0.448 e. The van der Waals surface area contributed by atoms with E-state index in [1.165, 1.54) is 12.0 Å². The van der Waals surface area contributed by atoms with Gasteiger partial charge in [-0.1, -0.05) is 30.3 Å². The average molecular weight is 439 g/mol. The fourth-order valence-corrected chi connectivity index (χ4v) is 5.54. The van der Waals surface area contributed by atoms with Gasteiger partial charge in [-0.3, -0.25) is 14.5 Å². The molecule has 32 heavy (non-hydrogen) atoms. The highest BCUT2D eigenvalue weighted by atomic mass is 16.3. The van der Waals surface area contributed by atoms with Gasteiger partial charge < -0.3 is 14.6 Å². The van der Waals surface area contributed by atoms with E-state index >= 15 is 0 Å². The maximum absolute atomic E-state index is 12.8. The molecule has 0 radical (unpaired) electrons. The average Bonchev–Trinajstić information content (AvgIpc) is 3.35. The number of carbonyl (C=O) groups is 2. The largest absolute Gasteiger partial charge is 0.448 e. The zero-order chi connectivity index (χ0) is 22.8. The predicted octanol–water partition coefficient (Wildman–Crippen LogP) is 3.35. The number of amides is 2. The Hall–Kier alpha value is -2.67. The fourth-order valence-electron chi connectivity index (χ4n) is 5.54. The number of oxazole rings is 1. The number of aromatic nitrogens is 1. The summed E-state index contributed by atoms with van der Waals surface area (Å²) >= 11 is 0. The van der Waals surface area contributed by atoms with Gasteiger partial charge in [-0.15, -0.1) is 0 Å². The monoisotopic (exact) mass is 438 g/mol. The number of nitrogens with zero attached hydrogens (tertiary/aromatic N) is 3. The summed E-state index contributed by atoms with van der Waals surface area (Å²) in [5.41, 5.74) is 1.84. The van der Waals surface area contributed by atoms with Crippen molar-refractivity contribution in [1.29, 1.82) is 0 Å². The molecule has 172 valence electrons. The molecule has 7 nitrogen and oxygen atoms in total. The van der Waals surface area contributed by atoms with Crippen LogP contribution in [0, 0.1) is 12.3 Å². The van der Waals surface area contributed by atoms with Gasteiger partial charge in [-0.2, -0.15) is 0 Å². The van der Waals surface area contributed by atoms with Crippen LogP contribution >= 0.6 is 0 Å². The lowest BCUT2D eigenvalue weighted by molar-refractivity contribution is -0.127. The first-order valence-corrected chi connectivity index (χ1v) is 11.5. The van der Waals surface area contributed by atoms with Crippen LogP contribution in [0.3, 0.4) is 0 Å². The SMILES string of the molecule is Cc1ocnc1C(=O)NCCCN1CC2(CCC(c3ccccc3)(N(C)C)CC2)CC1=O. The molecule has 1 N–H and O–H groups in total. The maximum atomic E-state index is 12.8. The number of hydrogen-bond acceptors (Lipinski definition) is 5. The van der Waals surface area contributed by atoms with Crippen LogP contribution in [0.2, 0.25) is 0 Å². The molecule has 4 rings (SSSR count). The van der Waals surface area contributed by atoms with Crippen molar-refractivity contribution in [2.75, 3.05) is 33.7 Å². The molecule has 1 aromatic carbocycles. The van der Waals surface area contributed by atoms with Gasteiger partial charge in [0.05, 0.1) is 0 Å². The van der Waals surface area contributed by atoms with E-state index in [9.17, 15) is 9.59 Å². The second kappa shape index (κ2) is 9.06. The first-order valence-electron chi connectivity index (χ1n) is 11.5. The van der Waals surface area contributed by atoms with Crippen molar-refractivity contribution in [2.24, 2.45) is 5.41 Å². The first-order chi connectivity index (χ1) is 15.4. The summed E-state index contributed by atoms with van der Waals surface area (Å²) in [7, 11) is 4.35. The summed E-state index contributed by atoms with van der Waals surface area (Å²) in [5.74, 6) is 0.537. The molecule has 0 atom stereocenters. The molecule has 1 aliphatic carbocycles. The van der Waals surface area contributed by atoms with Crippen molar-refractivity contribution in [3.05, 3.63) is 53.7 Å². The van der Waals surface area contributed by atoms with Crippen LogP contribution in [-0.4, -0.2) is 60.3 Å². The Bertz CT molecular complexity index is 945. The van der Waals surface area contributed by atoms with E-state index in [0.717, 1.165) is 38.6 Å². The normalized spacial score (nSPS) is 25.6. The second-order valence-corrected chi connectivity index (χ2v) is 9.65. The molecule has 1 aliphatic heterocycles. The van der Waals surface area contributed by atoms with E-state index in [1.807, 2.05) is 4.90 Å². The van der Waals surface area contributed by atoms with E-state index in [1.54, 1.807) is 6.92 Å². The van der Waals surface area contributed by atoms with Crippen molar-refractivity contribution in [2.45, 2.75) is 51.0 Å². The Morgan fingerprint density at radius 3 is 2.53 bits per heavy atom. The van der Waals surface area contributed by atoms with E-state index in [0.29, 0.717) is 31.0 Å². The van der Waals surface area contributed by atoms with Gasteiger partial charge >= 0.3 is 0 Å². The highest BCUT2D eigenvalue weighted by Crippen LogP contribution is 2.52. The van der Waals surface area contributed by atoms with Crippen LogP contribution in [0.25, 0.3) is 0 Å². The van der Waals surface area contributed by atoms with Gasteiger partial charge in [0, 0.05) is 31.6 Å². The summed E-state index contributed by atoms with van der Waals surface area (Å²) in [4.78, 5) is 33.2. The molecule has 1 saturated heterocycles. The summed E-state index contributed by atoms with van der Waals surface area (Å²) in [6.45, 7) is 3.74. The fraction of sp³-hybridized carbons (Fsp3) is 0.560. The summed E-state index contributed by atoms with van der Waals surface area (Å²) in [6, 6.07) is 10.8. The Morgan fingerprint density at radius 2 is 1.91 bits per heavy atom. The van der Waals surface area contributed by atoms with Gasteiger partial charge in [-0.05, 0) is 64.1 Å². The Labute approximate surface area is 190 Å². The zero-order valence-electron chi connectivity index (χ0n) is 19.4. The molecule has 2 aliphatic rings. The van der Waals surface area contributed by atoms with E-state index in [-0.39, 0.29) is 22.8 Å². The van der Waals surface area contributed by atoms with Crippen LogP contribution in [0.1, 0.15) is 60.3 Å². The van der Waals surface area contributed by atoms with Gasteiger partial charge in [0.1, 0.15) is 5.76 Å². The van der Waals surface area contributed by atoms with Gasteiger partial charge in [-0.25, -0.2) is 4.98 Å². The van der Waals surface area contributed by atoms with Crippen molar-refractivity contribution >= 4 is 11.8 Å². The number of carbonyl (C=O) groups excluding carboxylic acids is 2. The van der Waals surface area contributed by atoms with Crippen molar-refractivity contribution in [1.82, 2.24) is 20.1 Å². The maximum Gasteiger partial charge on any atom is 0.273 e. The Morgan fingerprint density at radius 1 is 1.19 bits per heavy atom. The van der Waals surface area contributed by atoms with Crippen LogP contribution in [-0.2, 0) is 10.3 Å². The lowest BCUT2D eigenvalue weighted by Crippen LogP contribution is -2.47. The summed E-state index contributed by atoms with van der Waals surface area (Å²) in [6.07, 6.45) is 6.91. The number of aryl methyl sites for hydroxylation is 1. The third kappa shape index (κ3) is 4.31. The van der Waals surface area contributed by atoms with E-state index < -0.39 is 0 Å². The number of rotatable bonds is 7.